The largest absolute Gasteiger partial charge is 0.380 e. The van der Waals surface area contributed by atoms with E-state index in [9.17, 15) is 5.11 Å². The van der Waals surface area contributed by atoms with Gasteiger partial charge in [0.15, 0.2) is 0 Å². The van der Waals surface area contributed by atoms with Crippen LogP contribution in [0.25, 0.3) is 0 Å². The highest BCUT2D eigenvalue weighted by Crippen LogP contribution is 2.46. The molecular formula is C18H21NO. The molecule has 2 nitrogen and oxygen atoms in total. The van der Waals surface area contributed by atoms with Crippen molar-refractivity contribution in [1.82, 2.24) is 0 Å². The van der Waals surface area contributed by atoms with Gasteiger partial charge in [0.1, 0.15) is 5.60 Å². The van der Waals surface area contributed by atoms with Gasteiger partial charge >= 0.3 is 0 Å². The third-order valence-electron chi connectivity index (χ3n) is 4.38. The summed E-state index contributed by atoms with van der Waals surface area (Å²) < 4.78 is 0. The Morgan fingerprint density at radius 2 is 1.75 bits per heavy atom. The van der Waals surface area contributed by atoms with Crippen LogP contribution in [-0.4, -0.2) is 5.11 Å². The Hall–Kier alpha value is -1.64. The van der Waals surface area contributed by atoms with E-state index in [2.05, 4.69) is 26.0 Å². The van der Waals surface area contributed by atoms with Crippen molar-refractivity contribution in [2.24, 2.45) is 5.73 Å². The predicted molar refractivity (Wildman–Crippen MR) is 81.5 cm³/mol. The van der Waals surface area contributed by atoms with Crippen LogP contribution in [0, 0.1) is 0 Å². The average molecular weight is 267 g/mol. The standard InChI is InChI=1S/C18H21NO/c1-12(2)13-7-9-14(10-8-13)18(20)11-17(19)15-5-3-4-6-16(15)18/h3-10,12,17,20H,11,19H2,1-2H3. The number of hydrogen-bond acceptors (Lipinski definition) is 2. The van der Waals surface area contributed by atoms with E-state index in [-0.39, 0.29) is 6.04 Å². The van der Waals surface area contributed by atoms with Gasteiger partial charge in [0.25, 0.3) is 0 Å². The molecule has 3 rings (SSSR count). The summed E-state index contributed by atoms with van der Waals surface area (Å²) in [5, 5.41) is 11.1. The van der Waals surface area contributed by atoms with E-state index in [0.717, 1.165) is 16.7 Å². The summed E-state index contributed by atoms with van der Waals surface area (Å²) in [6.45, 7) is 4.34. The summed E-state index contributed by atoms with van der Waals surface area (Å²) in [5.74, 6) is 0.497. The van der Waals surface area contributed by atoms with Gasteiger partial charge in [-0.15, -0.1) is 0 Å². The lowest BCUT2D eigenvalue weighted by Crippen LogP contribution is -2.25. The number of fused-ring (bicyclic) bond motifs is 1. The second-order valence-corrected chi connectivity index (χ2v) is 6.03. The molecule has 2 atom stereocenters. The van der Waals surface area contributed by atoms with Gasteiger partial charge < -0.3 is 10.8 Å². The van der Waals surface area contributed by atoms with Gasteiger partial charge in [-0.2, -0.15) is 0 Å². The number of benzene rings is 2. The van der Waals surface area contributed by atoms with Crippen LogP contribution in [0.3, 0.4) is 0 Å². The van der Waals surface area contributed by atoms with Gasteiger partial charge in [-0.25, -0.2) is 0 Å². The fourth-order valence-corrected chi connectivity index (χ4v) is 3.15. The van der Waals surface area contributed by atoms with E-state index in [4.69, 9.17) is 5.73 Å². The predicted octanol–water partition coefficient (Wildman–Crippen LogP) is 3.45. The first kappa shape index (κ1) is 13.3. The molecule has 0 amide bonds. The highest BCUT2D eigenvalue weighted by Gasteiger charge is 2.42. The van der Waals surface area contributed by atoms with Crippen LogP contribution >= 0.6 is 0 Å². The van der Waals surface area contributed by atoms with Gasteiger partial charge in [-0.3, -0.25) is 0 Å². The van der Waals surface area contributed by atoms with E-state index in [0.29, 0.717) is 12.3 Å². The molecule has 3 N–H and O–H groups in total. The molecule has 2 unspecified atom stereocenters. The maximum Gasteiger partial charge on any atom is 0.117 e. The van der Waals surface area contributed by atoms with Gasteiger partial charge in [0, 0.05) is 12.5 Å². The molecule has 0 aromatic heterocycles. The van der Waals surface area contributed by atoms with Gasteiger partial charge in [0.2, 0.25) is 0 Å². The first-order valence-electron chi connectivity index (χ1n) is 7.20. The molecule has 2 heteroatoms. The maximum atomic E-state index is 11.1. The summed E-state index contributed by atoms with van der Waals surface area (Å²) in [6, 6.07) is 16.1. The first-order chi connectivity index (χ1) is 9.52. The van der Waals surface area contributed by atoms with E-state index in [1.807, 2.05) is 36.4 Å². The molecule has 0 saturated carbocycles. The molecule has 104 valence electrons. The lowest BCUT2D eigenvalue weighted by molar-refractivity contribution is 0.0776. The minimum atomic E-state index is -0.953. The summed E-state index contributed by atoms with van der Waals surface area (Å²) in [6.07, 6.45) is 0.549. The van der Waals surface area contributed by atoms with Crippen LogP contribution < -0.4 is 5.73 Å². The number of rotatable bonds is 2. The van der Waals surface area contributed by atoms with Crippen molar-refractivity contribution >= 4 is 0 Å². The van der Waals surface area contributed by atoms with E-state index >= 15 is 0 Å². The molecule has 2 aromatic rings. The van der Waals surface area contributed by atoms with Crippen LogP contribution in [0.1, 0.15) is 54.5 Å². The minimum absolute atomic E-state index is 0.0963. The van der Waals surface area contributed by atoms with E-state index < -0.39 is 5.60 Å². The Morgan fingerprint density at radius 3 is 2.40 bits per heavy atom. The fraction of sp³-hybridized carbons (Fsp3) is 0.333. The smallest absolute Gasteiger partial charge is 0.117 e. The molecule has 1 aliphatic rings. The molecule has 0 radical (unpaired) electrons. The van der Waals surface area contributed by atoms with Crippen LogP contribution in [0.2, 0.25) is 0 Å². The van der Waals surface area contributed by atoms with Gasteiger partial charge in [-0.1, -0.05) is 62.4 Å². The Bertz CT molecular complexity index is 618. The molecule has 0 spiro atoms. The van der Waals surface area contributed by atoms with Crippen LogP contribution in [0.5, 0.6) is 0 Å². The molecule has 0 fully saturated rings. The Morgan fingerprint density at radius 1 is 1.10 bits per heavy atom. The molecule has 0 heterocycles. The summed E-state index contributed by atoms with van der Waals surface area (Å²) >= 11 is 0. The summed E-state index contributed by atoms with van der Waals surface area (Å²) in [5.41, 5.74) is 9.45. The highest BCUT2D eigenvalue weighted by atomic mass is 16.3. The minimum Gasteiger partial charge on any atom is -0.380 e. The van der Waals surface area contributed by atoms with Crippen molar-refractivity contribution in [1.29, 1.82) is 0 Å². The average Bonchev–Trinajstić information content (AvgIpc) is 2.72. The van der Waals surface area contributed by atoms with Crippen LogP contribution in [-0.2, 0) is 5.60 Å². The number of nitrogens with two attached hydrogens (primary N) is 1. The third kappa shape index (κ3) is 1.96. The fourth-order valence-electron chi connectivity index (χ4n) is 3.15. The first-order valence-corrected chi connectivity index (χ1v) is 7.20. The van der Waals surface area contributed by atoms with Crippen molar-refractivity contribution in [2.75, 3.05) is 0 Å². The third-order valence-corrected chi connectivity index (χ3v) is 4.38. The van der Waals surface area contributed by atoms with E-state index in [1.54, 1.807) is 0 Å². The van der Waals surface area contributed by atoms with Crippen molar-refractivity contribution in [3.05, 3.63) is 70.8 Å². The topological polar surface area (TPSA) is 46.2 Å². The maximum absolute atomic E-state index is 11.1. The molecule has 2 aromatic carbocycles. The monoisotopic (exact) mass is 267 g/mol. The zero-order chi connectivity index (χ0) is 14.3. The lowest BCUT2D eigenvalue weighted by atomic mass is 9.86. The second kappa shape index (κ2) is 4.72. The zero-order valence-electron chi connectivity index (χ0n) is 12.0. The number of aliphatic hydroxyl groups is 1. The van der Waals surface area contributed by atoms with E-state index in [1.165, 1.54) is 5.56 Å². The second-order valence-electron chi connectivity index (χ2n) is 6.03. The Labute approximate surface area is 120 Å². The molecule has 1 aliphatic carbocycles. The van der Waals surface area contributed by atoms with Crippen LogP contribution in [0.4, 0.5) is 0 Å². The Kier molecular flexibility index (Phi) is 3.15. The lowest BCUT2D eigenvalue weighted by Gasteiger charge is -2.25. The van der Waals surface area contributed by atoms with Crippen molar-refractivity contribution < 1.29 is 5.11 Å². The molecule has 0 saturated heterocycles. The summed E-state index contributed by atoms with van der Waals surface area (Å²) in [7, 11) is 0. The molecule has 20 heavy (non-hydrogen) atoms. The molecular weight excluding hydrogens is 246 g/mol. The van der Waals surface area contributed by atoms with Crippen molar-refractivity contribution in [2.45, 2.75) is 37.8 Å². The number of hydrogen-bond donors (Lipinski definition) is 2. The Balaban J connectivity index is 2.05. The highest BCUT2D eigenvalue weighted by molar-refractivity contribution is 5.47. The van der Waals surface area contributed by atoms with Crippen LogP contribution in [0.15, 0.2) is 48.5 Å². The van der Waals surface area contributed by atoms with Crippen molar-refractivity contribution in [3.8, 4) is 0 Å². The molecule has 0 aliphatic heterocycles. The van der Waals surface area contributed by atoms with Crippen molar-refractivity contribution in [3.63, 3.8) is 0 Å². The molecule has 0 bridgehead atoms. The van der Waals surface area contributed by atoms with Gasteiger partial charge in [-0.05, 0) is 28.2 Å². The normalized spacial score (nSPS) is 24.9. The summed E-state index contributed by atoms with van der Waals surface area (Å²) in [4.78, 5) is 0. The SMILES string of the molecule is CC(C)c1ccc(C2(O)CC(N)c3ccccc32)cc1. The quantitative estimate of drug-likeness (QED) is 0.875. The zero-order valence-corrected chi connectivity index (χ0v) is 12.0. The van der Waals surface area contributed by atoms with Gasteiger partial charge in [0.05, 0.1) is 0 Å².